The Labute approximate surface area is 91.6 Å². The van der Waals surface area contributed by atoms with E-state index in [1.54, 1.807) is 0 Å². The lowest BCUT2D eigenvalue weighted by Crippen LogP contribution is -2.37. The molecule has 1 aliphatic rings. The van der Waals surface area contributed by atoms with Crippen LogP contribution in [0.1, 0.15) is 25.3 Å². The maximum atomic E-state index is 5.89. The summed E-state index contributed by atoms with van der Waals surface area (Å²) in [6.07, 6.45) is 3.83. The van der Waals surface area contributed by atoms with Gasteiger partial charge in [-0.15, -0.1) is 0 Å². The van der Waals surface area contributed by atoms with Crippen LogP contribution in [0.2, 0.25) is 0 Å². The predicted molar refractivity (Wildman–Crippen MR) is 62.3 cm³/mol. The molecule has 0 aromatic heterocycles. The summed E-state index contributed by atoms with van der Waals surface area (Å²) in [5, 5.41) is 3.35. The first-order chi connectivity index (χ1) is 7.38. The van der Waals surface area contributed by atoms with E-state index in [4.69, 9.17) is 4.74 Å². The Bertz CT molecular complexity index is 288. The first-order valence-corrected chi connectivity index (χ1v) is 5.85. The van der Waals surface area contributed by atoms with Crippen LogP contribution in [0.25, 0.3) is 0 Å². The van der Waals surface area contributed by atoms with Gasteiger partial charge < -0.3 is 10.1 Å². The lowest BCUT2D eigenvalue weighted by Gasteiger charge is -2.23. The highest BCUT2D eigenvalue weighted by atomic mass is 16.5. The molecule has 0 amide bonds. The highest BCUT2D eigenvalue weighted by Gasteiger charge is 2.13. The van der Waals surface area contributed by atoms with Crippen LogP contribution in [0.5, 0.6) is 5.75 Å². The van der Waals surface area contributed by atoms with E-state index in [1.165, 1.54) is 18.4 Å². The summed E-state index contributed by atoms with van der Waals surface area (Å²) in [7, 11) is 0. The molecule has 0 radical (unpaired) electrons. The number of ether oxygens (including phenoxy) is 1. The zero-order valence-electron chi connectivity index (χ0n) is 9.33. The van der Waals surface area contributed by atoms with Crippen molar-refractivity contribution in [1.82, 2.24) is 5.32 Å². The molecule has 1 saturated heterocycles. The number of rotatable bonds is 3. The first kappa shape index (κ1) is 10.5. The number of aryl methyl sites for hydroxylation is 1. The molecule has 2 rings (SSSR count). The van der Waals surface area contributed by atoms with Crippen LogP contribution >= 0.6 is 0 Å². The Kier molecular flexibility index (Phi) is 3.62. The van der Waals surface area contributed by atoms with Gasteiger partial charge in [0.15, 0.2) is 0 Å². The molecule has 0 unspecified atom stereocenters. The van der Waals surface area contributed by atoms with Crippen LogP contribution in [0.3, 0.4) is 0 Å². The quantitative estimate of drug-likeness (QED) is 0.818. The molecule has 1 aliphatic heterocycles. The van der Waals surface area contributed by atoms with E-state index in [2.05, 4.69) is 36.5 Å². The fourth-order valence-electron chi connectivity index (χ4n) is 1.92. The molecular weight excluding hydrogens is 186 g/mol. The molecule has 0 bridgehead atoms. The Morgan fingerprint density at radius 2 is 2.13 bits per heavy atom. The van der Waals surface area contributed by atoms with Gasteiger partial charge in [-0.25, -0.2) is 0 Å². The van der Waals surface area contributed by atoms with Crippen LogP contribution in [0, 0.1) is 0 Å². The minimum atomic E-state index is 0.353. The average Bonchev–Trinajstić information content (AvgIpc) is 2.31. The summed E-state index contributed by atoms with van der Waals surface area (Å²) >= 11 is 0. The third kappa shape index (κ3) is 2.96. The van der Waals surface area contributed by atoms with Gasteiger partial charge in [0.05, 0.1) is 0 Å². The molecular formula is C13H19NO. The molecule has 15 heavy (non-hydrogen) atoms. The highest BCUT2D eigenvalue weighted by molar-refractivity contribution is 5.27. The van der Waals surface area contributed by atoms with E-state index < -0.39 is 0 Å². The summed E-state index contributed by atoms with van der Waals surface area (Å²) in [6, 6.07) is 8.44. The van der Waals surface area contributed by atoms with Gasteiger partial charge in [-0.2, -0.15) is 0 Å². The van der Waals surface area contributed by atoms with Gasteiger partial charge in [-0.1, -0.05) is 19.1 Å². The van der Waals surface area contributed by atoms with E-state index in [9.17, 15) is 0 Å². The van der Waals surface area contributed by atoms with Gasteiger partial charge in [0.1, 0.15) is 11.9 Å². The van der Waals surface area contributed by atoms with Gasteiger partial charge in [0, 0.05) is 6.54 Å². The van der Waals surface area contributed by atoms with Gasteiger partial charge >= 0.3 is 0 Å². The molecule has 1 aromatic rings. The Balaban J connectivity index is 1.91. The van der Waals surface area contributed by atoms with E-state index in [-0.39, 0.29) is 0 Å². The van der Waals surface area contributed by atoms with Gasteiger partial charge in [-0.3, -0.25) is 0 Å². The molecule has 0 aliphatic carbocycles. The van der Waals surface area contributed by atoms with Crippen molar-refractivity contribution in [3.05, 3.63) is 29.8 Å². The largest absolute Gasteiger partial charge is 0.489 e. The fourth-order valence-corrected chi connectivity index (χ4v) is 1.92. The molecule has 1 N–H and O–H groups in total. The Morgan fingerprint density at radius 1 is 1.33 bits per heavy atom. The summed E-state index contributed by atoms with van der Waals surface area (Å²) in [4.78, 5) is 0. The second-order valence-electron chi connectivity index (χ2n) is 4.08. The van der Waals surface area contributed by atoms with E-state index in [0.717, 1.165) is 25.3 Å². The van der Waals surface area contributed by atoms with E-state index >= 15 is 0 Å². The average molecular weight is 205 g/mol. The number of benzene rings is 1. The molecule has 1 fully saturated rings. The minimum absolute atomic E-state index is 0.353. The second-order valence-corrected chi connectivity index (χ2v) is 4.08. The summed E-state index contributed by atoms with van der Waals surface area (Å²) < 4.78 is 5.89. The van der Waals surface area contributed by atoms with Crippen LogP contribution in [0.4, 0.5) is 0 Å². The lowest BCUT2D eigenvalue weighted by atomic mass is 10.1. The molecule has 1 heterocycles. The second kappa shape index (κ2) is 5.17. The van der Waals surface area contributed by atoms with Crippen LogP contribution in [0.15, 0.2) is 24.3 Å². The standard InChI is InChI=1S/C13H19NO/c1-2-11-5-7-12(8-6-11)15-13-4-3-9-14-10-13/h5-8,13-14H,2-4,9-10H2,1H3/t13-/m0/s1. The van der Waals surface area contributed by atoms with Crippen LogP contribution < -0.4 is 10.1 Å². The van der Waals surface area contributed by atoms with Crippen molar-refractivity contribution in [3.8, 4) is 5.75 Å². The maximum Gasteiger partial charge on any atom is 0.119 e. The molecule has 0 saturated carbocycles. The van der Waals surface area contributed by atoms with E-state index in [1.807, 2.05) is 0 Å². The minimum Gasteiger partial charge on any atom is -0.489 e. The van der Waals surface area contributed by atoms with Crippen molar-refractivity contribution in [3.63, 3.8) is 0 Å². The molecule has 2 nitrogen and oxygen atoms in total. The fraction of sp³-hybridized carbons (Fsp3) is 0.538. The molecule has 82 valence electrons. The van der Waals surface area contributed by atoms with Crippen molar-refractivity contribution in [1.29, 1.82) is 0 Å². The number of piperidine rings is 1. The summed E-state index contributed by atoms with van der Waals surface area (Å²) in [5.41, 5.74) is 1.36. The Morgan fingerprint density at radius 3 is 2.73 bits per heavy atom. The van der Waals surface area contributed by atoms with Crippen molar-refractivity contribution >= 4 is 0 Å². The maximum absolute atomic E-state index is 5.89. The SMILES string of the molecule is CCc1ccc(O[C@H]2CCCNC2)cc1. The number of hydrogen-bond donors (Lipinski definition) is 1. The number of hydrogen-bond acceptors (Lipinski definition) is 2. The number of nitrogens with one attached hydrogen (secondary N) is 1. The molecule has 1 atom stereocenters. The molecule has 0 spiro atoms. The monoisotopic (exact) mass is 205 g/mol. The third-order valence-electron chi connectivity index (χ3n) is 2.89. The summed E-state index contributed by atoms with van der Waals surface area (Å²) in [6.45, 7) is 4.28. The van der Waals surface area contributed by atoms with Gasteiger partial charge in [0.25, 0.3) is 0 Å². The van der Waals surface area contributed by atoms with Gasteiger partial charge in [-0.05, 0) is 43.5 Å². The zero-order valence-corrected chi connectivity index (χ0v) is 9.33. The normalized spacial score (nSPS) is 21.3. The molecule has 2 heteroatoms. The van der Waals surface area contributed by atoms with Gasteiger partial charge in [0.2, 0.25) is 0 Å². The Hall–Kier alpha value is -1.02. The van der Waals surface area contributed by atoms with Crippen molar-refractivity contribution in [2.45, 2.75) is 32.3 Å². The third-order valence-corrected chi connectivity index (χ3v) is 2.89. The summed E-state index contributed by atoms with van der Waals surface area (Å²) in [5.74, 6) is 1.00. The van der Waals surface area contributed by atoms with Crippen molar-refractivity contribution in [2.75, 3.05) is 13.1 Å². The van der Waals surface area contributed by atoms with Crippen molar-refractivity contribution < 1.29 is 4.74 Å². The topological polar surface area (TPSA) is 21.3 Å². The van der Waals surface area contributed by atoms with E-state index in [0.29, 0.717) is 6.10 Å². The highest BCUT2D eigenvalue weighted by Crippen LogP contribution is 2.16. The molecule has 1 aromatic carbocycles. The lowest BCUT2D eigenvalue weighted by molar-refractivity contribution is 0.167. The van der Waals surface area contributed by atoms with Crippen molar-refractivity contribution in [2.24, 2.45) is 0 Å². The predicted octanol–water partition coefficient (Wildman–Crippen LogP) is 2.38. The van der Waals surface area contributed by atoms with Crippen LogP contribution in [-0.2, 0) is 6.42 Å². The zero-order chi connectivity index (χ0) is 10.5. The van der Waals surface area contributed by atoms with Crippen LogP contribution in [-0.4, -0.2) is 19.2 Å². The smallest absolute Gasteiger partial charge is 0.119 e. The first-order valence-electron chi connectivity index (χ1n) is 5.85.